The SMILES string of the molecule is O=C(Nc1ccc2nc(-c3ccc4cn[nH]c4c3)[nH]c2c1)c1ccc(Cl)c(C(F)(F)F)c1. The van der Waals surface area contributed by atoms with Crippen LogP contribution in [0.3, 0.4) is 0 Å². The zero-order chi connectivity index (χ0) is 22.5. The second-order valence-corrected chi connectivity index (χ2v) is 7.54. The van der Waals surface area contributed by atoms with Crippen molar-refractivity contribution in [2.45, 2.75) is 6.18 Å². The molecule has 0 radical (unpaired) electrons. The highest BCUT2D eigenvalue weighted by atomic mass is 35.5. The predicted molar refractivity (Wildman–Crippen MR) is 116 cm³/mol. The Kier molecular flexibility index (Phi) is 4.63. The van der Waals surface area contributed by atoms with Crippen LogP contribution in [-0.4, -0.2) is 26.1 Å². The number of rotatable bonds is 3. The van der Waals surface area contributed by atoms with Crippen LogP contribution in [0.2, 0.25) is 5.02 Å². The van der Waals surface area contributed by atoms with E-state index in [2.05, 4.69) is 25.5 Å². The molecule has 160 valence electrons. The molecule has 5 rings (SSSR count). The van der Waals surface area contributed by atoms with Crippen molar-refractivity contribution in [3.05, 3.63) is 76.9 Å². The van der Waals surface area contributed by atoms with Gasteiger partial charge in [-0.05, 0) is 42.5 Å². The minimum absolute atomic E-state index is 0.153. The molecule has 1 amide bonds. The summed E-state index contributed by atoms with van der Waals surface area (Å²) in [6.07, 6.45) is -2.93. The van der Waals surface area contributed by atoms with Crippen molar-refractivity contribution in [1.82, 2.24) is 20.2 Å². The van der Waals surface area contributed by atoms with Crippen LogP contribution in [-0.2, 0) is 6.18 Å². The summed E-state index contributed by atoms with van der Waals surface area (Å²) >= 11 is 5.62. The first-order valence-electron chi connectivity index (χ1n) is 9.39. The number of carbonyl (C=O) groups is 1. The number of halogens is 4. The van der Waals surface area contributed by atoms with Crippen molar-refractivity contribution in [1.29, 1.82) is 0 Å². The average Bonchev–Trinajstić information content (AvgIpc) is 3.39. The van der Waals surface area contributed by atoms with Crippen molar-refractivity contribution in [3.63, 3.8) is 0 Å². The summed E-state index contributed by atoms with van der Waals surface area (Å²) in [5.41, 5.74) is 2.25. The second-order valence-electron chi connectivity index (χ2n) is 7.14. The first-order valence-corrected chi connectivity index (χ1v) is 9.77. The number of fused-ring (bicyclic) bond motifs is 2. The van der Waals surface area contributed by atoms with E-state index in [-0.39, 0.29) is 5.56 Å². The number of anilines is 1. The quantitative estimate of drug-likeness (QED) is 0.310. The summed E-state index contributed by atoms with van der Waals surface area (Å²) in [4.78, 5) is 20.3. The lowest BCUT2D eigenvalue weighted by atomic mass is 10.1. The topological polar surface area (TPSA) is 86.5 Å². The number of hydrogen-bond donors (Lipinski definition) is 3. The number of amides is 1. The lowest BCUT2D eigenvalue weighted by Gasteiger charge is -2.11. The van der Waals surface area contributed by atoms with Crippen LogP contribution in [0.4, 0.5) is 18.9 Å². The molecule has 2 aromatic heterocycles. The molecule has 2 heterocycles. The van der Waals surface area contributed by atoms with E-state index in [0.29, 0.717) is 22.5 Å². The lowest BCUT2D eigenvalue weighted by molar-refractivity contribution is -0.137. The van der Waals surface area contributed by atoms with Crippen molar-refractivity contribution >= 4 is 45.1 Å². The molecule has 0 fully saturated rings. The van der Waals surface area contributed by atoms with Crippen LogP contribution in [0.5, 0.6) is 0 Å². The van der Waals surface area contributed by atoms with Crippen LogP contribution in [0.25, 0.3) is 33.3 Å². The molecular weight excluding hydrogens is 443 g/mol. The molecule has 10 heteroatoms. The highest BCUT2D eigenvalue weighted by Crippen LogP contribution is 2.35. The van der Waals surface area contributed by atoms with Gasteiger partial charge in [0.2, 0.25) is 0 Å². The summed E-state index contributed by atoms with van der Waals surface area (Å²) in [6.45, 7) is 0. The standard InChI is InChI=1S/C22H13ClF3N5O/c23-16-5-3-12(7-15(16)22(24,25)26)21(32)28-14-4-6-17-19(9-14)30-20(29-17)11-1-2-13-10-27-31-18(13)8-11/h1-10H,(H,27,31)(H,28,32)(H,29,30). The van der Waals surface area contributed by atoms with Crippen molar-refractivity contribution in [2.75, 3.05) is 5.32 Å². The molecule has 0 bridgehead atoms. The first-order chi connectivity index (χ1) is 15.3. The van der Waals surface area contributed by atoms with Gasteiger partial charge >= 0.3 is 6.18 Å². The van der Waals surface area contributed by atoms with Crippen molar-refractivity contribution < 1.29 is 18.0 Å². The van der Waals surface area contributed by atoms with Crippen LogP contribution < -0.4 is 5.32 Å². The third-order valence-corrected chi connectivity index (χ3v) is 5.32. The van der Waals surface area contributed by atoms with Gasteiger partial charge in [0.05, 0.1) is 33.3 Å². The maximum absolute atomic E-state index is 13.1. The minimum Gasteiger partial charge on any atom is -0.338 e. The van der Waals surface area contributed by atoms with Crippen LogP contribution in [0, 0.1) is 0 Å². The fourth-order valence-electron chi connectivity index (χ4n) is 3.40. The maximum Gasteiger partial charge on any atom is 0.417 e. The van der Waals surface area contributed by atoms with Gasteiger partial charge in [-0.1, -0.05) is 23.7 Å². The van der Waals surface area contributed by atoms with Gasteiger partial charge in [0.25, 0.3) is 5.91 Å². The highest BCUT2D eigenvalue weighted by Gasteiger charge is 2.33. The molecule has 5 aromatic rings. The average molecular weight is 456 g/mol. The van der Waals surface area contributed by atoms with Crippen LogP contribution >= 0.6 is 11.6 Å². The van der Waals surface area contributed by atoms with Gasteiger partial charge < -0.3 is 10.3 Å². The Balaban J connectivity index is 1.42. The summed E-state index contributed by atoms with van der Waals surface area (Å²) in [5, 5.41) is 10.0. The summed E-state index contributed by atoms with van der Waals surface area (Å²) in [5.74, 6) is -0.0524. The van der Waals surface area contributed by atoms with E-state index < -0.39 is 22.7 Å². The Labute approximate surface area is 183 Å². The zero-order valence-electron chi connectivity index (χ0n) is 16.1. The minimum atomic E-state index is -4.65. The number of benzene rings is 3. The molecular formula is C22H13ClF3N5O. The smallest absolute Gasteiger partial charge is 0.338 e. The van der Waals surface area contributed by atoms with Crippen molar-refractivity contribution in [2.24, 2.45) is 0 Å². The number of aromatic nitrogens is 4. The molecule has 0 saturated carbocycles. The van der Waals surface area contributed by atoms with Gasteiger partial charge in [-0.2, -0.15) is 18.3 Å². The number of imidazole rings is 1. The van der Waals surface area contributed by atoms with E-state index in [1.165, 1.54) is 6.07 Å². The Hall–Kier alpha value is -3.85. The third kappa shape index (κ3) is 3.67. The van der Waals surface area contributed by atoms with E-state index >= 15 is 0 Å². The highest BCUT2D eigenvalue weighted by molar-refractivity contribution is 6.31. The fraction of sp³-hybridized carbons (Fsp3) is 0.0455. The van der Waals surface area contributed by atoms with Gasteiger partial charge in [0.15, 0.2) is 0 Å². The Morgan fingerprint density at radius 1 is 1.00 bits per heavy atom. The molecule has 0 spiro atoms. The molecule has 3 N–H and O–H groups in total. The number of nitrogens with one attached hydrogen (secondary N) is 3. The Bertz CT molecular complexity index is 1490. The van der Waals surface area contributed by atoms with E-state index in [0.717, 1.165) is 28.6 Å². The second kappa shape index (κ2) is 7.38. The van der Waals surface area contributed by atoms with Crippen LogP contribution in [0.15, 0.2) is 60.8 Å². The van der Waals surface area contributed by atoms with Crippen molar-refractivity contribution in [3.8, 4) is 11.4 Å². The van der Waals surface area contributed by atoms with Gasteiger partial charge in [0.1, 0.15) is 5.82 Å². The molecule has 0 aliphatic heterocycles. The molecule has 0 unspecified atom stereocenters. The van der Waals surface area contributed by atoms with Gasteiger partial charge in [0, 0.05) is 22.2 Å². The molecule has 6 nitrogen and oxygen atoms in total. The van der Waals surface area contributed by atoms with Gasteiger partial charge in [-0.15, -0.1) is 0 Å². The normalized spacial score (nSPS) is 11.9. The summed E-state index contributed by atoms with van der Waals surface area (Å²) < 4.78 is 39.2. The molecule has 32 heavy (non-hydrogen) atoms. The Morgan fingerprint density at radius 3 is 2.66 bits per heavy atom. The Morgan fingerprint density at radius 2 is 1.84 bits per heavy atom. The monoisotopic (exact) mass is 455 g/mol. The number of nitrogens with zero attached hydrogens (tertiary/aromatic N) is 2. The van der Waals surface area contributed by atoms with Crippen LogP contribution in [0.1, 0.15) is 15.9 Å². The number of H-pyrrole nitrogens is 2. The lowest BCUT2D eigenvalue weighted by Crippen LogP contribution is -2.14. The molecule has 0 saturated heterocycles. The molecule has 3 aromatic carbocycles. The predicted octanol–water partition coefficient (Wildman–Crippen LogP) is 6.03. The summed E-state index contributed by atoms with van der Waals surface area (Å²) in [7, 11) is 0. The fourth-order valence-corrected chi connectivity index (χ4v) is 3.62. The summed E-state index contributed by atoms with van der Waals surface area (Å²) in [6, 6.07) is 13.8. The number of hydrogen-bond acceptors (Lipinski definition) is 3. The molecule has 0 aliphatic rings. The molecule has 0 aliphatic carbocycles. The first kappa shape index (κ1) is 20.1. The van der Waals surface area contributed by atoms with E-state index in [1.54, 1.807) is 24.4 Å². The van der Waals surface area contributed by atoms with E-state index in [1.807, 2.05) is 18.2 Å². The zero-order valence-corrected chi connectivity index (χ0v) is 16.8. The van der Waals surface area contributed by atoms with E-state index in [4.69, 9.17) is 11.6 Å². The molecule has 0 atom stereocenters. The third-order valence-electron chi connectivity index (χ3n) is 4.99. The van der Waals surface area contributed by atoms with E-state index in [9.17, 15) is 18.0 Å². The largest absolute Gasteiger partial charge is 0.417 e. The number of aromatic amines is 2. The number of alkyl halides is 3. The van der Waals surface area contributed by atoms with Gasteiger partial charge in [-0.3, -0.25) is 9.89 Å². The van der Waals surface area contributed by atoms with Gasteiger partial charge in [-0.25, -0.2) is 4.98 Å². The maximum atomic E-state index is 13.1. The number of carbonyl (C=O) groups excluding carboxylic acids is 1.